The van der Waals surface area contributed by atoms with Crippen molar-refractivity contribution in [3.8, 4) is 0 Å². The van der Waals surface area contributed by atoms with Crippen LogP contribution in [0.4, 0.5) is 13.2 Å². The van der Waals surface area contributed by atoms with Crippen molar-refractivity contribution in [2.24, 2.45) is 0 Å². The van der Waals surface area contributed by atoms with Crippen molar-refractivity contribution in [2.45, 2.75) is 57.4 Å². The lowest BCUT2D eigenvalue weighted by Crippen LogP contribution is -2.46. The summed E-state index contributed by atoms with van der Waals surface area (Å²) in [6, 6.07) is 11.8. The summed E-state index contributed by atoms with van der Waals surface area (Å²) in [7, 11) is 2.04. The predicted molar refractivity (Wildman–Crippen MR) is 123 cm³/mol. The van der Waals surface area contributed by atoms with Crippen LogP contribution in [-0.4, -0.2) is 48.4 Å². The number of aryl methyl sites for hydroxylation is 1. The zero-order valence-electron chi connectivity index (χ0n) is 19.1. The van der Waals surface area contributed by atoms with E-state index in [1.807, 2.05) is 13.1 Å². The molecule has 0 saturated carbocycles. The molecule has 0 spiro atoms. The molecule has 33 heavy (non-hydrogen) atoms. The fraction of sp³-hybridized carbons (Fsp3) is 0.500. The van der Waals surface area contributed by atoms with Crippen molar-refractivity contribution >= 4 is 5.91 Å². The number of amides is 1. The van der Waals surface area contributed by atoms with E-state index in [9.17, 15) is 18.0 Å². The molecule has 0 aliphatic carbocycles. The molecule has 0 unspecified atom stereocenters. The molecule has 0 aromatic heterocycles. The summed E-state index contributed by atoms with van der Waals surface area (Å²) in [5, 5.41) is 3.37. The second-order valence-corrected chi connectivity index (χ2v) is 9.19. The number of alkyl halides is 3. The van der Waals surface area contributed by atoms with Gasteiger partial charge in [-0.1, -0.05) is 36.4 Å². The van der Waals surface area contributed by atoms with Crippen LogP contribution in [0, 0.1) is 0 Å². The molecule has 2 heterocycles. The minimum Gasteiger partial charge on any atom is -0.335 e. The first-order chi connectivity index (χ1) is 15.8. The fourth-order valence-corrected chi connectivity index (χ4v) is 5.08. The zero-order chi connectivity index (χ0) is 23.4. The Labute approximate surface area is 193 Å². The van der Waals surface area contributed by atoms with Gasteiger partial charge < -0.3 is 15.1 Å². The summed E-state index contributed by atoms with van der Waals surface area (Å²) in [5.74, 6) is -0.0620. The molecule has 0 radical (unpaired) electrons. The summed E-state index contributed by atoms with van der Waals surface area (Å²) in [4.78, 5) is 17.4. The largest absolute Gasteiger partial charge is 0.416 e. The van der Waals surface area contributed by atoms with Gasteiger partial charge in [0.25, 0.3) is 0 Å². The van der Waals surface area contributed by atoms with Crippen LogP contribution in [-0.2, 0) is 36.9 Å². The van der Waals surface area contributed by atoms with Crippen LogP contribution >= 0.6 is 0 Å². The Hall–Kier alpha value is -2.38. The van der Waals surface area contributed by atoms with Crippen molar-refractivity contribution in [3.05, 3.63) is 70.3 Å². The smallest absolute Gasteiger partial charge is 0.335 e. The molecule has 1 fully saturated rings. The maximum atomic E-state index is 13.6. The topological polar surface area (TPSA) is 35.6 Å². The van der Waals surface area contributed by atoms with E-state index < -0.39 is 11.7 Å². The highest BCUT2D eigenvalue weighted by Crippen LogP contribution is 2.33. The predicted octanol–water partition coefficient (Wildman–Crippen LogP) is 4.41. The van der Waals surface area contributed by atoms with Crippen molar-refractivity contribution in [1.82, 2.24) is 15.1 Å². The van der Waals surface area contributed by atoms with Gasteiger partial charge in [-0.25, -0.2) is 0 Å². The highest BCUT2D eigenvalue weighted by molar-refractivity contribution is 5.77. The molecular weight excluding hydrogens is 427 g/mol. The van der Waals surface area contributed by atoms with Gasteiger partial charge in [0.2, 0.25) is 5.91 Å². The molecular formula is C26H32F3N3O. The van der Waals surface area contributed by atoms with Crippen LogP contribution < -0.4 is 5.32 Å². The number of nitrogens with one attached hydrogen (secondary N) is 1. The molecule has 2 aromatic rings. The van der Waals surface area contributed by atoms with Crippen molar-refractivity contribution in [2.75, 3.05) is 26.7 Å². The first-order valence-corrected chi connectivity index (χ1v) is 11.8. The molecule has 2 aliphatic heterocycles. The van der Waals surface area contributed by atoms with E-state index in [0.717, 1.165) is 51.5 Å². The summed E-state index contributed by atoms with van der Waals surface area (Å²) in [5.41, 5.74) is 3.29. The fourth-order valence-electron chi connectivity index (χ4n) is 5.08. The number of rotatable bonds is 6. The number of hydrogen-bond acceptors (Lipinski definition) is 3. The van der Waals surface area contributed by atoms with Gasteiger partial charge in [0.15, 0.2) is 0 Å². The highest BCUT2D eigenvalue weighted by Gasteiger charge is 2.35. The van der Waals surface area contributed by atoms with Gasteiger partial charge in [0.05, 0.1) is 5.56 Å². The molecule has 4 nitrogen and oxygen atoms in total. The number of fused-ring (bicyclic) bond motifs is 1. The van der Waals surface area contributed by atoms with E-state index in [-0.39, 0.29) is 24.1 Å². The van der Waals surface area contributed by atoms with E-state index in [1.165, 1.54) is 28.8 Å². The molecule has 2 aromatic carbocycles. The number of benzene rings is 2. The van der Waals surface area contributed by atoms with Crippen LogP contribution in [0.15, 0.2) is 42.5 Å². The van der Waals surface area contributed by atoms with Crippen LogP contribution in [0.1, 0.15) is 47.1 Å². The second kappa shape index (κ2) is 10.3. The molecule has 178 valence electrons. The van der Waals surface area contributed by atoms with E-state index in [2.05, 4.69) is 22.3 Å². The third-order valence-corrected chi connectivity index (χ3v) is 6.96. The molecule has 0 bridgehead atoms. The van der Waals surface area contributed by atoms with E-state index in [1.54, 1.807) is 11.0 Å². The Bertz CT molecular complexity index is 967. The first kappa shape index (κ1) is 23.8. The Morgan fingerprint density at radius 1 is 1.09 bits per heavy atom. The quantitative estimate of drug-likeness (QED) is 0.695. The number of nitrogens with zero attached hydrogens (tertiary/aromatic N) is 2. The maximum absolute atomic E-state index is 13.6. The van der Waals surface area contributed by atoms with Crippen LogP contribution in [0.3, 0.4) is 0 Å². The number of carbonyl (C=O) groups is 1. The van der Waals surface area contributed by atoms with Crippen LogP contribution in [0.2, 0.25) is 0 Å². The van der Waals surface area contributed by atoms with Gasteiger partial charge in [-0.05, 0) is 80.7 Å². The lowest BCUT2D eigenvalue weighted by molar-refractivity contribution is -0.141. The van der Waals surface area contributed by atoms with E-state index >= 15 is 0 Å². The lowest BCUT2D eigenvalue weighted by atomic mass is 9.92. The summed E-state index contributed by atoms with van der Waals surface area (Å²) < 4.78 is 40.8. The number of piperidine rings is 1. The molecule has 1 amide bonds. The molecule has 2 aliphatic rings. The average Bonchev–Trinajstić information content (AvgIpc) is 2.81. The Morgan fingerprint density at radius 2 is 1.82 bits per heavy atom. The second-order valence-electron chi connectivity index (χ2n) is 9.19. The summed E-state index contributed by atoms with van der Waals surface area (Å²) in [6.07, 6.45) is -1.01. The van der Waals surface area contributed by atoms with Gasteiger partial charge in [-0.2, -0.15) is 13.2 Å². The summed E-state index contributed by atoms with van der Waals surface area (Å²) in [6.45, 7) is 3.45. The minimum atomic E-state index is -4.44. The molecule has 4 rings (SSSR count). The monoisotopic (exact) mass is 459 g/mol. The third-order valence-electron chi connectivity index (χ3n) is 6.96. The zero-order valence-corrected chi connectivity index (χ0v) is 19.1. The van der Waals surface area contributed by atoms with Gasteiger partial charge >= 0.3 is 6.18 Å². The maximum Gasteiger partial charge on any atom is 0.416 e. The van der Waals surface area contributed by atoms with Gasteiger partial charge in [0.1, 0.15) is 0 Å². The Kier molecular flexibility index (Phi) is 7.39. The van der Waals surface area contributed by atoms with Crippen LogP contribution in [0.25, 0.3) is 0 Å². The Balaban J connectivity index is 1.54. The third kappa shape index (κ3) is 5.76. The first-order valence-electron chi connectivity index (χ1n) is 11.8. The Morgan fingerprint density at radius 3 is 2.58 bits per heavy atom. The lowest BCUT2D eigenvalue weighted by Gasteiger charge is -2.38. The summed E-state index contributed by atoms with van der Waals surface area (Å²) >= 11 is 0. The van der Waals surface area contributed by atoms with Gasteiger partial charge in [-0.3, -0.25) is 4.79 Å². The van der Waals surface area contributed by atoms with Crippen molar-refractivity contribution in [1.29, 1.82) is 0 Å². The van der Waals surface area contributed by atoms with Crippen molar-refractivity contribution in [3.63, 3.8) is 0 Å². The van der Waals surface area contributed by atoms with Gasteiger partial charge in [0, 0.05) is 25.6 Å². The molecule has 7 heteroatoms. The van der Waals surface area contributed by atoms with Gasteiger partial charge in [-0.15, -0.1) is 0 Å². The van der Waals surface area contributed by atoms with E-state index in [4.69, 9.17) is 0 Å². The molecule has 1 saturated heterocycles. The van der Waals surface area contributed by atoms with Crippen molar-refractivity contribution < 1.29 is 18.0 Å². The number of halogens is 3. The SMILES string of the molecule is CN1CCC(N(Cc2ccccc2C(F)(F)F)C(=O)CCc2cccc3c2CCNC3)CC1. The minimum absolute atomic E-state index is 0.000283. The normalized spacial score (nSPS) is 17.6. The number of hydrogen-bond donors (Lipinski definition) is 1. The van der Waals surface area contributed by atoms with E-state index in [0.29, 0.717) is 12.8 Å². The average molecular weight is 460 g/mol. The highest BCUT2D eigenvalue weighted by atomic mass is 19.4. The standard InChI is InChI=1S/C26H32F3N3O/c1-31-15-12-22(13-16-31)32(18-21-5-2-3-8-24(21)26(27,28)29)25(33)10-9-19-6-4-7-20-17-30-14-11-23(19)20/h2-8,22,30H,9-18H2,1H3. The van der Waals surface area contributed by atoms with Crippen LogP contribution in [0.5, 0.6) is 0 Å². The molecule has 0 atom stereocenters. The molecule has 1 N–H and O–H groups in total. The number of likely N-dealkylation sites (tertiary alicyclic amines) is 1. The number of carbonyl (C=O) groups excluding carboxylic acids is 1.